The van der Waals surface area contributed by atoms with Crippen LogP contribution in [0.2, 0.25) is 5.15 Å². The highest BCUT2D eigenvalue weighted by atomic mass is 35.5. The Labute approximate surface area is 128 Å². The van der Waals surface area contributed by atoms with Gasteiger partial charge in [0, 0.05) is 12.5 Å². The molecule has 1 aromatic carbocycles. The molecule has 112 valence electrons. The predicted octanol–water partition coefficient (Wildman–Crippen LogP) is 2.41. The summed E-state index contributed by atoms with van der Waals surface area (Å²) in [5.41, 5.74) is 0.0247. The van der Waals surface area contributed by atoms with Crippen LogP contribution < -0.4 is 4.72 Å². The molecule has 1 aromatic heterocycles. The van der Waals surface area contributed by atoms with E-state index in [1.807, 2.05) is 0 Å². The Kier molecular flexibility index (Phi) is 4.60. The number of rotatable bonds is 4. The zero-order chi connectivity index (χ0) is 15.6. The Morgan fingerprint density at radius 1 is 1.29 bits per heavy atom. The fourth-order valence-electron chi connectivity index (χ4n) is 1.53. The topological polar surface area (TPSA) is 76.1 Å². The second-order valence-electron chi connectivity index (χ2n) is 4.02. The van der Waals surface area contributed by atoms with E-state index in [2.05, 4.69) is 9.71 Å². The molecule has 0 aliphatic carbocycles. The van der Waals surface area contributed by atoms with E-state index in [1.54, 1.807) is 0 Å². The molecule has 2 aromatic rings. The van der Waals surface area contributed by atoms with E-state index in [9.17, 15) is 17.0 Å². The van der Waals surface area contributed by atoms with Gasteiger partial charge in [0.1, 0.15) is 15.9 Å². The molecule has 0 fully saturated rings. The minimum absolute atomic E-state index is 0.00566. The van der Waals surface area contributed by atoms with Crippen LogP contribution in [0.4, 0.5) is 10.1 Å². The zero-order valence-electron chi connectivity index (χ0n) is 10.7. The van der Waals surface area contributed by atoms with E-state index in [1.165, 1.54) is 30.5 Å². The number of halogens is 2. The molecule has 1 N–H and O–H groups in total. The Bertz CT molecular complexity index is 795. The summed E-state index contributed by atoms with van der Waals surface area (Å²) in [6, 6.07) is 6.19. The van der Waals surface area contributed by atoms with Gasteiger partial charge in [-0.05, 0) is 30.3 Å². The van der Waals surface area contributed by atoms with Crippen LogP contribution in [0.5, 0.6) is 0 Å². The van der Waals surface area contributed by atoms with Gasteiger partial charge in [0.2, 0.25) is 0 Å². The SMILES string of the molecule is C[S@@](=O)c1ccc(NS(=O)(=O)c2ccc(Cl)nc2)cc1F. The molecule has 9 heteroatoms. The van der Waals surface area contributed by atoms with Crippen LogP contribution in [0, 0.1) is 5.82 Å². The molecule has 0 amide bonds. The summed E-state index contributed by atoms with van der Waals surface area (Å²) >= 11 is 5.59. The first-order valence-corrected chi connectivity index (χ1v) is 8.99. The van der Waals surface area contributed by atoms with Crippen LogP contribution in [0.25, 0.3) is 0 Å². The molecule has 5 nitrogen and oxygen atoms in total. The maximum atomic E-state index is 13.7. The smallest absolute Gasteiger partial charge is 0.263 e. The number of hydrogen-bond acceptors (Lipinski definition) is 4. The Morgan fingerprint density at radius 2 is 2.00 bits per heavy atom. The Hall–Kier alpha value is -1.51. The van der Waals surface area contributed by atoms with Crippen LogP contribution in [0.1, 0.15) is 0 Å². The maximum Gasteiger partial charge on any atom is 0.263 e. The van der Waals surface area contributed by atoms with Crippen molar-refractivity contribution in [2.24, 2.45) is 0 Å². The van der Waals surface area contributed by atoms with Gasteiger partial charge in [-0.1, -0.05) is 11.6 Å². The second-order valence-corrected chi connectivity index (χ2v) is 7.44. The number of sulfonamides is 1. The molecule has 21 heavy (non-hydrogen) atoms. The van der Waals surface area contributed by atoms with Gasteiger partial charge in [-0.15, -0.1) is 0 Å². The quantitative estimate of drug-likeness (QED) is 0.861. The largest absolute Gasteiger partial charge is 0.279 e. The van der Waals surface area contributed by atoms with Gasteiger partial charge in [-0.3, -0.25) is 8.93 Å². The molecule has 0 radical (unpaired) electrons. The summed E-state index contributed by atoms with van der Waals surface area (Å²) in [5.74, 6) is -0.745. The van der Waals surface area contributed by atoms with Crippen molar-refractivity contribution in [1.82, 2.24) is 4.98 Å². The molecule has 0 spiro atoms. The molecule has 0 saturated heterocycles. The van der Waals surface area contributed by atoms with Gasteiger partial charge in [-0.2, -0.15) is 0 Å². The number of aromatic nitrogens is 1. The molecule has 1 atom stereocenters. The Morgan fingerprint density at radius 3 is 2.52 bits per heavy atom. The number of nitrogens with zero attached hydrogens (tertiary/aromatic N) is 1. The number of pyridine rings is 1. The van der Waals surface area contributed by atoms with E-state index in [0.29, 0.717) is 0 Å². The van der Waals surface area contributed by atoms with Gasteiger partial charge in [-0.25, -0.2) is 17.8 Å². The molecule has 2 rings (SSSR count). The predicted molar refractivity (Wildman–Crippen MR) is 78.8 cm³/mol. The average molecular weight is 349 g/mol. The van der Waals surface area contributed by atoms with E-state index < -0.39 is 26.6 Å². The van der Waals surface area contributed by atoms with Crippen molar-refractivity contribution in [1.29, 1.82) is 0 Å². The van der Waals surface area contributed by atoms with Gasteiger partial charge >= 0.3 is 0 Å². The first-order chi connectivity index (χ1) is 9.79. The summed E-state index contributed by atoms with van der Waals surface area (Å²) in [6.45, 7) is 0. The van der Waals surface area contributed by atoms with Crippen LogP contribution in [0.3, 0.4) is 0 Å². The fraction of sp³-hybridized carbons (Fsp3) is 0.0833. The van der Waals surface area contributed by atoms with Crippen molar-refractivity contribution in [3.63, 3.8) is 0 Å². The molecule has 0 saturated carbocycles. The minimum atomic E-state index is -3.89. The number of hydrogen-bond donors (Lipinski definition) is 1. The molecule has 0 aliphatic rings. The Balaban J connectivity index is 2.31. The van der Waals surface area contributed by atoms with E-state index in [-0.39, 0.29) is 20.6 Å². The van der Waals surface area contributed by atoms with Gasteiger partial charge in [0.25, 0.3) is 10.0 Å². The molecule has 1 heterocycles. The summed E-state index contributed by atoms with van der Waals surface area (Å²) in [5, 5.41) is 0.162. The molecule has 0 aliphatic heterocycles. The lowest BCUT2D eigenvalue weighted by Crippen LogP contribution is -2.13. The van der Waals surface area contributed by atoms with Crippen LogP contribution in [0.15, 0.2) is 46.3 Å². The highest BCUT2D eigenvalue weighted by molar-refractivity contribution is 7.92. The van der Waals surface area contributed by atoms with Crippen molar-refractivity contribution in [2.45, 2.75) is 9.79 Å². The first kappa shape index (κ1) is 15.9. The summed E-state index contributed by atoms with van der Waals surface area (Å²) in [4.78, 5) is 3.58. The second kappa shape index (κ2) is 6.08. The zero-order valence-corrected chi connectivity index (χ0v) is 13.1. The monoisotopic (exact) mass is 348 g/mol. The average Bonchev–Trinajstić information content (AvgIpc) is 2.38. The molecular formula is C12H10ClFN2O3S2. The summed E-state index contributed by atoms with van der Waals surface area (Å²) in [6.07, 6.45) is 2.43. The van der Waals surface area contributed by atoms with E-state index >= 15 is 0 Å². The van der Waals surface area contributed by atoms with Crippen molar-refractivity contribution in [2.75, 3.05) is 11.0 Å². The third-order valence-electron chi connectivity index (χ3n) is 2.50. The van der Waals surface area contributed by atoms with Crippen molar-refractivity contribution < 1.29 is 17.0 Å². The lowest BCUT2D eigenvalue weighted by atomic mass is 10.3. The first-order valence-electron chi connectivity index (χ1n) is 5.57. The lowest BCUT2D eigenvalue weighted by molar-refractivity contribution is 0.596. The summed E-state index contributed by atoms with van der Waals surface area (Å²) in [7, 11) is -5.38. The van der Waals surface area contributed by atoms with Gasteiger partial charge < -0.3 is 0 Å². The van der Waals surface area contributed by atoms with Crippen molar-refractivity contribution >= 4 is 38.1 Å². The highest BCUT2D eigenvalue weighted by Gasteiger charge is 2.16. The van der Waals surface area contributed by atoms with Crippen molar-refractivity contribution in [3.05, 3.63) is 47.5 Å². The molecule has 0 unspecified atom stereocenters. The standard InChI is InChI=1S/C12H10ClFN2O3S2/c1-20(17)11-4-2-8(6-10(11)14)16-21(18,19)9-3-5-12(13)15-7-9/h2-7,16H,1H3/t20-/m1/s1. The minimum Gasteiger partial charge on any atom is -0.279 e. The van der Waals surface area contributed by atoms with E-state index in [0.717, 1.165) is 12.3 Å². The third kappa shape index (κ3) is 3.78. The number of benzene rings is 1. The highest BCUT2D eigenvalue weighted by Crippen LogP contribution is 2.20. The maximum absolute atomic E-state index is 13.7. The lowest BCUT2D eigenvalue weighted by Gasteiger charge is -2.09. The summed E-state index contributed by atoms with van der Waals surface area (Å²) < 4.78 is 51.2. The van der Waals surface area contributed by atoms with Crippen LogP contribution in [-0.2, 0) is 20.8 Å². The fourth-order valence-corrected chi connectivity index (χ4v) is 3.23. The van der Waals surface area contributed by atoms with Gasteiger partial charge in [0.15, 0.2) is 0 Å². The van der Waals surface area contributed by atoms with Crippen molar-refractivity contribution in [3.8, 4) is 0 Å². The van der Waals surface area contributed by atoms with Crippen LogP contribution >= 0.6 is 11.6 Å². The molecular weight excluding hydrogens is 339 g/mol. The van der Waals surface area contributed by atoms with Gasteiger partial charge in [0.05, 0.1) is 21.4 Å². The van der Waals surface area contributed by atoms with Crippen LogP contribution in [-0.4, -0.2) is 23.9 Å². The number of anilines is 1. The third-order valence-corrected chi connectivity index (χ3v) is 5.04. The number of nitrogens with one attached hydrogen (secondary N) is 1. The normalized spacial score (nSPS) is 12.9. The van der Waals surface area contributed by atoms with E-state index in [4.69, 9.17) is 11.6 Å². The molecule has 0 bridgehead atoms.